The summed E-state index contributed by atoms with van der Waals surface area (Å²) in [5.41, 5.74) is 1.69. The van der Waals surface area contributed by atoms with Crippen molar-refractivity contribution in [3.8, 4) is 5.75 Å². The Labute approximate surface area is 155 Å². The molecule has 0 saturated carbocycles. The Balaban J connectivity index is 2.42. The molecule has 6 nitrogen and oxygen atoms in total. The Morgan fingerprint density at radius 3 is 2.52 bits per heavy atom. The predicted molar refractivity (Wildman–Crippen MR) is 95.1 cm³/mol. The van der Waals surface area contributed by atoms with E-state index in [1.165, 1.54) is 14.0 Å². The number of halogens is 3. The van der Waals surface area contributed by atoms with Crippen LogP contribution in [0, 0.1) is 6.92 Å². The lowest BCUT2D eigenvalue weighted by atomic mass is 10.1. The number of rotatable bonds is 7. The van der Waals surface area contributed by atoms with Crippen LogP contribution in [0.1, 0.15) is 24.6 Å². The molecule has 150 valence electrons. The molecule has 1 aromatic heterocycles. The first-order valence-electron chi connectivity index (χ1n) is 8.23. The predicted octanol–water partition coefficient (Wildman–Crippen LogP) is 3.16. The number of alkyl halides is 3. The van der Waals surface area contributed by atoms with Crippen molar-refractivity contribution in [1.29, 1.82) is 0 Å². The molecule has 10 heteroatoms. The topological polar surface area (TPSA) is 79.5 Å². The number of amides is 1. The summed E-state index contributed by atoms with van der Waals surface area (Å²) >= 11 is 0. The van der Waals surface area contributed by atoms with Crippen molar-refractivity contribution in [1.82, 2.24) is 9.29 Å². The van der Waals surface area contributed by atoms with Crippen LogP contribution in [0.25, 0.3) is 10.9 Å². The number of benzene rings is 1. The van der Waals surface area contributed by atoms with Crippen LogP contribution >= 0.6 is 0 Å². The maximum absolute atomic E-state index is 12.9. The number of sulfonamides is 1. The van der Waals surface area contributed by atoms with Gasteiger partial charge in [0.2, 0.25) is 15.9 Å². The lowest BCUT2D eigenvalue weighted by Crippen LogP contribution is -2.44. The number of carbonyl (C=O) groups excluding carboxylic acids is 1. The van der Waals surface area contributed by atoms with Crippen LogP contribution in [-0.4, -0.2) is 49.2 Å². The fourth-order valence-electron chi connectivity index (χ4n) is 2.83. The van der Waals surface area contributed by atoms with E-state index in [1.807, 2.05) is 0 Å². The lowest BCUT2D eigenvalue weighted by Gasteiger charge is -2.23. The number of hydrogen-bond donors (Lipinski definition) is 1. The normalized spacial score (nSPS) is 12.4. The van der Waals surface area contributed by atoms with Gasteiger partial charge in [-0.15, -0.1) is 0 Å². The third-order valence-electron chi connectivity index (χ3n) is 4.05. The van der Waals surface area contributed by atoms with Crippen LogP contribution in [0.2, 0.25) is 0 Å². The summed E-state index contributed by atoms with van der Waals surface area (Å²) in [6.07, 6.45) is -5.19. The van der Waals surface area contributed by atoms with Gasteiger partial charge >= 0.3 is 6.18 Å². The van der Waals surface area contributed by atoms with Crippen molar-refractivity contribution in [2.75, 3.05) is 19.4 Å². The van der Waals surface area contributed by atoms with E-state index >= 15 is 0 Å². The van der Waals surface area contributed by atoms with Gasteiger partial charge in [0.25, 0.3) is 0 Å². The number of H-pyrrole nitrogens is 1. The second-order valence-electron chi connectivity index (χ2n) is 6.15. The van der Waals surface area contributed by atoms with Gasteiger partial charge in [-0.1, -0.05) is 6.92 Å². The fraction of sp³-hybridized carbons (Fsp3) is 0.471. The monoisotopic (exact) mass is 406 g/mol. The van der Waals surface area contributed by atoms with E-state index in [9.17, 15) is 26.4 Å². The number of fused-ring (bicyclic) bond motifs is 1. The van der Waals surface area contributed by atoms with Crippen molar-refractivity contribution in [2.45, 2.75) is 32.9 Å². The molecular weight excluding hydrogens is 385 g/mol. The standard InChI is InChI=1S/C17H21F3N2O4S/c1-4-7-27(24,25)22(10-17(18,19)20)16(23)9-13-11(2)21-15-6-5-12(26-3)8-14(13)15/h5-6,8,21H,4,7,9-10H2,1-3H3. The van der Waals surface area contributed by atoms with E-state index in [0.29, 0.717) is 27.9 Å². The van der Waals surface area contributed by atoms with Gasteiger partial charge in [-0.25, -0.2) is 12.7 Å². The molecule has 0 aliphatic carbocycles. The smallest absolute Gasteiger partial charge is 0.407 e. The second kappa shape index (κ2) is 7.79. The van der Waals surface area contributed by atoms with E-state index in [-0.39, 0.29) is 10.7 Å². The second-order valence-corrected chi connectivity index (χ2v) is 8.16. The molecule has 0 bridgehead atoms. The minimum absolute atomic E-state index is 0.0606. The van der Waals surface area contributed by atoms with Crippen molar-refractivity contribution in [2.24, 2.45) is 0 Å². The summed E-state index contributed by atoms with van der Waals surface area (Å²) in [5.74, 6) is -1.14. The first kappa shape index (κ1) is 21.1. The van der Waals surface area contributed by atoms with Gasteiger partial charge in [-0.3, -0.25) is 4.79 Å². The highest BCUT2D eigenvalue weighted by Gasteiger charge is 2.39. The van der Waals surface area contributed by atoms with Gasteiger partial charge in [0.15, 0.2) is 0 Å². The molecule has 1 heterocycles. The molecule has 0 fully saturated rings. The highest BCUT2D eigenvalue weighted by Crippen LogP contribution is 2.28. The molecule has 0 unspecified atom stereocenters. The summed E-state index contributed by atoms with van der Waals surface area (Å²) in [4.78, 5) is 15.6. The maximum atomic E-state index is 12.9. The number of methoxy groups -OCH3 is 1. The zero-order valence-corrected chi connectivity index (χ0v) is 16.0. The molecule has 0 radical (unpaired) electrons. The summed E-state index contributed by atoms with van der Waals surface area (Å²) in [6.45, 7) is 1.35. The fourth-order valence-corrected chi connectivity index (χ4v) is 4.28. The highest BCUT2D eigenvalue weighted by atomic mass is 32.2. The summed E-state index contributed by atoms with van der Waals surface area (Å²) in [5, 5.41) is 0.597. The highest BCUT2D eigenvalue weighted by molar-refractivity contribution is 7.89. The van der Waals surface area contributed by atoms with Crippen LogP contribution in [0.15, 0.2) is 18.2 Å². The van der Waals surface area contributed by atoms with Crippen LogP contribution in [-0.2, 0) is 21.2 Å². The van der Waals surface area contributed by atoms with E-state index in [4.69, 9.17) is 4.74 Å². The van der Waals surface area contributed by atoms with E-state index in [2.05, 4.69) is 4.98 Å². The van der Waals surface area contributed by atoms with Crippen molar-refractivity contribution < 1.29 is 31.1 Å². The number of nitrogens with zero attached hydrogens (tertiary/aromatic N) is 1. The quantitative estimate of drug-likeness (QED) is 0.766. The molecule has 2 aromatic rings. The Bertz CT molecular complexity index is 936. The number of nitrogens with one attached hydrogen (secondary N) is 1. The van der Waals surface area contributed by atoms with Gasteiger partial charge in [0.1, 0.15) is 12.3 Å². The number of hydrogen-bond acceptors (Lipinski definition) is 4. The third-order valence-corrected chi connectivity index (χ3v) is 5.98. The molecule has 0 aliphatic heterocycles. The Morgan fingerprint density at radius 1 is 1.30 bits per heavy atom. The number of ether oxygens (including phenoxy) is 1. The van der Waals surface area contributed by atoms with Gasteiger partial charge in [0, 0.05) is 16.6 Å². The maximum Gasteiger partial charge on any atom is 0.407 e. The van der Waals surface area contributed by atoms with Crippen LogP contribution in [0.5, 0.6) is 5.75 Å². The SMILES string of the molecule is CCCS(=O)(=O)N(CC(F)(F)F)C(=O)Cc1c(C)[nH]c2ccc(OC)cc12. The van der Waals surface area contributed by atoms with Crippen molar-refractivity contribution in [3.63, 3.8) is 0 Å². The summed E-state index contributed by atoms with van der Waals surface area (Å²) in [6, 6.07) is 5.07. The van der Waals surface area contributed by atoms with E-state index < -0.39 is 40.8 Å². The molecule has 0 atom stereocenters. The molecule has 1 N–H and O–H groups in total. The number of aromatic amines is 1. The van der Waals surface area contributed by atoms with E-state index in [1.54, 1.807) is 25.1 Å². The van der Waals surface area contributed by atoms with Crippen LogP contribution in [0.3, 0.4) is 0 Å². The number of aromatic nitrogens is 1. The Morgan fingerprint density at radius 2 is 1.96 bits per heavy atom. The zero-order valence-electron chi connectivity index (χ0n) is 15.2. The number of carbonyl (C=O) groups is 1. The van der Waals surface area contributed by atoms with Crippen LogP contribution < -0.4 is 4.74 Å². The van der Waals surface area contributed by atoms with Gasteiger partial charge in [-0.2, -0.15) is 13.2 Å². The van der Waals surface area contributed by atoms with Crippen LogP contribution in [0.4, 0.5) is 13.2 Å². The average molecular weight is 406 g/mol. The minimum atomic E-state index is -4.82. The summed E-state index contributed by atoms with van der Waals surface area (Å²) < 4.78 is 68.1. The molecular formula is C17H21F3N2O4S. The largest absolute Gasteiger partial charge is 0.497 e. The van der Waals surface area contributed by atoms with Gasteiger partial charge in [-0.05, 0) is 37.1 Å². The molecule has 27 heavy (non-hydrogen) atoms. The third kappa shape index (κ3) is 4.94. The lowest BCUT2D eigenvalue weighted by molar-refractivity contribution is -0.150. The van der Waals surface area contributed by atoms with Crippen molar-refractivity contribution in [3.05, 3.63) is 29.5 Å². The molecule has 1 aromatic carbocycles. The minimum Gasteiger partial charge on any atom is -0.497 e. The molecule has 0 spiro atoms. The Hall–Kier alpha value is -2.23. The molecule has 0 saturated heterocycles. The Kier molecular flexibility index (Phi) is 6.08. The van der Waals surface area contributed by atoms with Gasteiger partial charge < -0.3 is 9.72 Å². The average Bonchev–Trinajstić information content (AvgIpc) is 2.86. The molecule has 0 aliphatic rings. The first-order valence-corrected chi connectivity index (χ1v) is 9.84. The number of aryl methyl sites for hydroxylation is 1. The van der Waals surface area contributed by atoms with Gasteiger partial charge in [0.05, 0.1) is 19.3 Å². The zero-order chi connectivity index (χ0) is 20.4. The molecule has 1 amide bonds. The summed E-state index contributed by atoms with van der Waals surface area (Å²) in [7, 11) is -2.89. The molecule has 2 rings (SSSR count). The van der Waals surface area contributed by atoms with E-state index in [0.717, 1.165) is 0 Å². The van der Waals surface area contributed by atoms with Crippen molar-refractivity contribution >= 4 is 26.8 Å². The first-order chi connectivity index (χ1) is 12.5.